The predicted molar refractivity (Wildman–Crippen MR) is 97.0 cm³/mol. The number of aliphatic hydroxyl groups excluding tert-OH is 1. The Morgan fingerprint density at radius 1 is 1.30 bits per heavy atom. The topological polar surface area (TPSA) is 43.8 Å². The van der Waals surface area contributed by atoms with Crippen LogP contribution in [0, 0.1) is 0 Å². The van der Waals surface area contributed by atoms with Gasteiger partial charge in [0.2, 0.25) is 5.91 Å². The summed E-state index contributed by atoms with van der Waals surface area (Å²) in [5.74, 6) is 0.933. The Labute approximate surface area is 146 Å². The lowest BCUT2D eigenvalue weighted by atomic mass is 10.2. The first kappa shape index (κ1) is 17.3. The van der Waals surface area contributed by atoms with Crippen LogP contribution in [0.1, 0.15) is 36.7 Å². The molecule has 1 aliphatic carbocycles. The van der Waals surface area contributed by atoms with Crippen LogP contribution < -0.4 is 0 Å². The number of hydrogen-bond donors (Lipinski definition) is 1. The fourth-order valence-electron chi connectivity index (χ4n) is 3.33. The fraction of sp³-hybridized carbons (Fsp3) is 0.706. The third kappa shape index (κ3) is 4.95. The number of β-amino-alcohol motifs (C(OH)–C–C–N with tert-alkyl or cyclic N) is 1. The normalized spacial score (nSPS) is 21.7. The second kappa shape index (κ2) is 8.51. The molecule has 2 heterocycles. The molecule has 128 valence electrons. The van der Waals surface area contributed by atoms with Gasteiger partial charge in [0.1, 0.15) is 6.10 Å². The van der Waals surface area contributed by atoms with E-state index in [0.717, 1.165) is 31.1 Å². The molecule has 1 aliphatic heterocycles. The van der Waals surface area contributed by atoms with Crippen LogP contribution in [0.2, 0.25) is 0 Å². The second-order valence-electron chi connectivity index (χ2n) is 6.43. The van der Waals surface area contributed by atoms with Crippen molar-refractivity contribution < 1.29 is 9.90 Å². The molecule has 1 atom stereocenters. The van der Waals surface area contributed by atoms with E-state index < -0.39 is 6.10 Å². The maximum absolute atomic E-state index is 12.3. The van der Waals surface area contributed by atoms with Crippen molar-refractivity contribution >= 4 is 29.0 Å². The molecule has 1 unspecified atom stereocenters. The summed E-state index contributed by atoms with van der Waals surface area (Å²) in [7, 11) is 0. The summed E-state index contributed by atoms with van der Waals surface area (Å²) in [6.45, 7) is 3.98. The number of aliphatic hydroxyl groups is 1. The number of piperazine rings is 1. The molecule has 6 heteroatoms. The van der Waals surface area contributed by atoms with E-state index in [1.165, 1.54) is 25.7 Å². The Morgan fingerprint density at radius 3 is 2.70 bits per heavy atom. The lowest BCUT2D eigenvalue weighted by Gasteiger charge is -2.35. The average molecular weight is 355 g/mol. The van der Waals surface area contributed by atoms with Crippen LogP contribution in [0.25, 0.3) is 0 Å². The number of carbonyl (C=O) groups excluding carboxylic acids is 1. The minimum Gasteiger partial charge on any atom is -0.386 e. The molecule has 4 nitrogen and oxygen atoms in total. The largest absolute Gasteiger partial charge is 0.386 e. The molecular weight excluding hydrogens is 328 g/mol. The van der Waals surface area contributed by atoms with Crippen molar-refractivity contribution in [1.82, 2.24) is 9.80 Å². The van der Waals surface area contributed by atoms with Crippen LogP contribution in [0.15, 0.2) is 17.5 Å². The SMILES string of the molecule is O=C(CSC1CCCC1)N1CCN(CC(O)c2cccs2)CC1. The first-order valence-corrected chi connectivity index (χ1v) is 10.5. The summed E-state index contributed by atoms with van der Waals surface area (Å²) < 4.78 is 0. The third-order valence-corrected chi connectivity index (χ3v) is 7.10. The minimum absolute atomic E-state index is 0.292. The van der Waals surface area contributed by atoms with Gasteiger partial charge >= 0.3 is 0 Å². The van der Waals surface area contributed by atoms with E-state index in [4.69, 9.17) is 0 Å². The number of nitrogens with zero attached hydrogens (tertiary/aromatic N) is 2. The van der Waals surface area contributed by atoms with Gasteiger partial charge in [-0.15, -0.1) is 23.1 Å². The molecule has 1 aromatic heterocycles. The van der Waals surface area contributed by atoms with Crippen LogP contribution in [0.4, 0.5) is 0 Å². The van der Waals surface area contributed by atoms with Crippen LogP contribution in [-0.2, 0) is 4.79 Å². The maximum atomic E-state index is 12.3. The van der Waals surface area contributed by atoms with Gasteiger partial charge in [-0.3, -0.25) is 9.69 Å². The van der Waals surface area contributed by atoms with E-state index in [0.29, 0.717) is 23.5 Å². The number of rotatable bonds is 6. The van der Waals surface area contributed by atoms with E-state index in [1.54, 1.807) is 11.3 Å². The molecule has 1 aromatic rings. The molecule has 23 heavy (non-hydrogen) atoms. The van der Waals surface area contributed by atoms with E-state index in [9.17, 15) is 9.90 Å². The summed E-state index contributed by atoms with van der Waals surface area (Å²) in [5.41, 5.74) is 0. The highest BCUT2D eigenvalue weighted by atomic mass is 32.2. The molecule has 0 bridgehead atoms. The van der Waals surface area contributed by atoms with Crippen molar-refractivity contribution in [2.24, 2.45) is 0 Å². The van der Waals surface area contributed by atoms with Crippen LogP contribution in [-0.4, -0.2) is 64.5 Å². The van der Waals surface area contributed by atoms with Crippen molar-refractivity contribution in [3.8, 4) is 0 Å². The summed E-state index contributed by atoms with van der Waals surface area (Å²) in [5, 5.41) is 12.9. The highest BCUT2D eigenvalue weighted by Crippen LogP contribution is 2.29. The molecule has 3 rings (SSSR count). The van der Waals surface area contributed by atoms with Gasteiger partial charge in [-0.05, 0) is 24.3 Å². The van der Waals surface area contributed by atoms with Crippen molar-refractivity contribution in [1.29, 1.82) is 0 Å². The molecule has 0 aromatic carbocycles. The molecule has 0 radical (unpaired) electrons. The van der Waals surface area contributed by atoms with Crippen molar-refractivity contribution in [3.63, 3.8) is 0 Å². The van der Waals surface area contributed by atoms with E-state index in [-0.39, 0.29) is 0 Å². The summed E-state index contributed by atoms with van der Waals surface area (Å²) in [6, 6.07) is 3.96. The van der Waals surface area contributed by atoms with Crippen molar-refractivity contribution in [2.75, 3.05) is 38.5 Å². The van der Waals surface area contributed by atoms with Gasteiger partial charge in [0.15, 0.2) is 0 Å². The Bertz CT molecular complexity index is 481. The zero-order chi connectivity index (χ0) is 16.1. The average Bonchev–Trinajstić information content (AvgIpc) is 3.26. The first-order valence-electron chi connectivity index (χ1n) is 8.55. The van der Waals surface area contributed by atoms with Gasteiger partial charge in [0.05, 0.1) is 5.75 Å². The van der Waals surface area contributed by atoms with E-state index in [2.05, 4.69) is 4.90 Å². The molecule has 2 fully saturated rings. The Balaban J connectivity index is 1.36. The van der Waals surface area contributed by atoms with Gasteiger partial charge < -0.3 is 10.0 Å². The predicted octanol–water partition coefficient (Wildman–Crippen LogP) is 2.60. The summed E-state index contributed by atoms with van der Waals surface area (Å²) >= 11 is 3.45. The van der Waals surface area contributed by atoms with Crippen LogP contribution in [0.3, 0.4) is 0 Å². The Morgan fingerprint density at radius 2 is 2.04 bits per heavy atom. The van der Waals surface area contributed by atoms with Gasteiger partial charge in [-0.2, -0.15) is 0 Å². The van der Waals surface area contributed by atoms with Crippen LogP contribution in [0.5, 0.6) is 0 Å². The summed E-state index contributed by atoms with van der Waals surface area (Å²) in [4.78, 5) is 17.6. The zero-order valence-corrected chi connectivity index (χ0v) is 15.2. The van der Waals surface area contributed by atoms with Gasteiger partial charge in [0, 0.05) is 42.9 Å². The fourth-order valence-corrected chi connectivity index (χ4v) is 5.26. The minimum atomic E-state index is -0.407. The van der Waals surface area contributed by atoms with Crippen LogP contribution >= 0.6 is 23.1 Å². The Hall–Kier alpha value is -0.560. The lowest BCUT2D eigenvalue weighted by Crippen LogP contribution is -2.50. The number of hydrogen-bond acceptors (Lipinski definition) is 5. The zero-order valence-electron chi connectivity index (χ0n) is 13.5. The Kier molecular flexibility index (Phi) is 6.39. The number of thiophene rings is 1. The van der Waals surface area contributed by atoms with Gasteiger partial charge in [0.25, 0.3) is 0 Å². The number of carbonyl (C=O) groups is 1. The lowest BCUT2D eigenvalue weighted by molar-refractivity contribution is -0.130. The molecule has 1 amide bonds. The molecule has 0 spiro atoms. The molecule has 1 N–H and O–H groups in total. The number of thioether (sulfide) groups is 1. The van der Waals surface area contributed by atoms with Gasteiger partial charge in [-0.25, -0.2) is 0 Å². The van der Waals surface area contributed by atoms with Crippen molar-refractivity contribution in [3.05, 3.63) is 22.4 Å². The first-order chi connectivity index (χ1) is 11.2. The molecular formula is C17H26N2O2S2. The molecule has 2 aliphatic rings. The second-order valence-corrected chi connectivity index (χ2v) is 8.70. The maximum Gasteiger partial charge on any atom is 0.232 e. The van der Waals surface area contributed by atoms with Crippen molar-refractivity contribution in [2.45, 2.75) is 37.0 Å². The highest BCUT2D eigenvalue weighted by Gasteiger charge is 2.24. The quantitative estimate of drug-likeness (QED) is 0.853. The molecule has 1 saturated heterocycles. The number of amides is 1. The van der Waals surface area contributed by atoms with Gasteiger partial charge in [-0.1, -0.05) is 18.9 Å². The van der Waals surface area contributed by atoms with E-state index >= 15 is 0 Å². The third-order valence-electron chi connectivity index (χ3n) is 4.77. The van der Waals surface area contributed by atoms with E-state index in [1.807, 2.05) is 34.2 Å². The standard InChI is InChI=1S/C17H26N2O2S2/c20-15(16-6-3-11-22-16)12-18-7-9-19(10-8-18)17(21)13-23-14-4-1-2-5-14/h3,6,11,14-15,20H,1-2,4-5,7-10,12-13H2. The monoisotopic (exact) mass is 354 g/mol. The summed E-state index contributed by atoms with van der Waals surface area (Å²) in [6.07, 6.45) is 4.82. The smallest absolute Gasteiger partial charge is 0.232 e. The molecule has 1 saturated carbocycles. The highest BCUT2D eigenvalue weighted by molar-refractivity contribution is 8.00.